The van der Waals surface area contributed by atoms with Crippen LogP contribution in [0.2, 0.25) is 0 Å². The fourth-order valence-electron chi connectivity index (χ4n) is 1.80. The van der Waals surface area contributed by atoms with Crippen molar-refractivity contribution in [2.75, 3.05) is 13.2 Å². The molecule has 2 unspecified atom stereocenters. The average molecular weight is 197 g/mol. The molecular formula is C12H23NO. The molecule has 82 valence electrons. The molecule has 1 aliphatic heterocycles. The van der Waals surface area contributed by atoms with Crippen molar-refractivity contribution in [3.05, 3.63) is 11.8 Å². The van der Waals surface area contributed by atoms with E-state index in [1.807, 2.05) is 0 Å². The number of nitrogens with one attached hydrogen (secondary N) is 1. The van der Waals surface area contributed by atoms with Crippen LogP contribution < -0.4 is 5.32 Å². The summed E-state index contributed by atoms with van der Waals surface area (Å²) < 4.78 is 5.61. The summed E-state index contributed by atoms with van der Waals surface area (Å²) in [4.78, 5) is 0. The Bertz CT molecular complexity index is 189. The fourth-order valence-corrected chi connectivity index (χ4v) is 1.80. The van der Waals surface area contributed by atoms with Crippen molar-refractivity contribution in [1.29, 1.82) is 0 Å². The summed E-state index contributed by atoms with van der Waals surface area (Å²) >= 11 is 0. The van der Waals surface area contributed by atoms with Crippen molar-refractivity contribution >= 4 is 0 Å². The summed E-state index contributed by atoms with van der Waals surface area (Å²) in [5.41, 5.74) is 0. The normalized spacial score (nSPS) is 20.1. The van der Waals surface area contributed by atoms with Crippen LogP contribution in [0.3, 0.4) is 0 Å². The lowest BCUT2D eigenvalue weighted by Gasteiger charge is -2.21. The number of hydrogen-bond acceptors (Lipinski definition) is 2. The summed E-state index contributed by atoms with van der Waals surface area (Å²) in [5.74, 6) is 1.94. The summed E-state index contributed by atoms with van der Waals surface area (Å²) in [6, 6.07) is 0.442. The number of rotatable bonds is 6. The Hall–Kier alpha value is -0.500. The fraction of sp³-hybridized carbons (Fsp3) is 0.833. The molecule has 0 bridgehead atoms. The molecule has 14 heavy (non-hydrogen) atoms. The van der Waals surface area contributed by atoms with Gasteiger partial charge in [0.25, 0.3) is 0 Å². The molecule has 0 aromatic rings. The van der Waals surface area contributed by atoms with Gasteiger partial charge in [-0.2, -0.15) is 0 Å². The van der Waals surface area contributed by atoms with Gasteiger partial charge >= 0.3 is 0 Å². The lowest BCUT2D eigenvalue weighted by atomic mass is 9.98. The van der Waals surface area contributed by atoms with Crippen LogP contribution in [-0.4, -0.2) is 19.2 Å². The number of ether oxygens (including phenoxy) is 1. The Labute approximate surface area is 87.7 Å². The topological polar surface area (TPSA) is 21.3 Å². The highest BCUT2D eigenvalue weighted by Gasteiger charge is 2.19. The van der Waals surface area contributed by atoms with E-state index in [-0.39, 0.29) is 0 Å². The maximum absolute atomic E-state index is 5.61. The quantitative estimate of drug-likeness (QED) is 0.707. The van der Waals surface area contributed by atoms with E-state index >= 15 is 0 Å². The Morgan fingerprint density at radius 2 is 2.29 bits per heavy atom. The van der Waals surface area contributed by atoms with Gasteiger partial charge in [-0.05, 0) is 25.0 Å². The highest BCUT2D eigenvalue weighted by atomic mass is 16.5. The van der Waals surface area contributed by atoms with Gasteiger partial charge in [-0.25, -0.2) is 0 Å². The minimum absolute atomic E-state index is 0.442. The van der Waals surface area contributed by atoms with E-state index in [0.29, 0.717) is 6.04 Å². The number of hydrogen-bond donors (Lipinski definition) is 1. The first-order valence-electron chi connectivity index (χ1n) is 5.84. The van der Waals surface area contributed by atoms with Gasteiger partial charge in [0.2, 0.25) is 0 Å². The van der Waals surface area contributed by atoms with Crippen molar-refractivity contribution in [1.82, 2.24) is 5.32 Å². The van der Waals surface area contributed by atoms with E-state index < -0.39 is 0 Å². The standard InChI is InChI=1S/C12H23NO/c1-4-10(3)9-11(13-5-2)12-7-6-8-14-12/h7,10-11,13H,4-6,8-9H2,1-3H3. The first-order chi connectivity index (χ1) is 6.77. The Morgan fingerprint density at radius 1 is 1.50 bits per heavy atom. The van der Waals surface area contributed by atoms with Crippen molar-refractivity contribution in [2.24, 2.45) is 5.92 Å². The minimum atomic E-state index is 0.442. The van der Waals surface area contributed by atoms with Crippen LogP contribution >= 0.6 is 0 Å². The predicted octanol–water partition coefficient (Wildman–Crippen LogP) is 2.70. The van der Waals surface area contributed by atoms with Crippen LogP contribution in [0.1, 0.15) is 40.0 Å². The minimum Gasteiger partial charge on any atom is -0.496 e. The van der Waals surface area contributed by atoms with Crippen LogP contribution in [0.15, 0.2) is 11.8 Å². The van der Waals surface area contributed by atoms with E-state index in [1.54, 1.807) is 0 Å². The summed E-state index contributed by atoms with van der Waals surface area (Å²) in [7, 11) is 0. The van der Waals surface area contributed by atoms with Crippen LogP contribution in [0.5, 0.6) is 0 Å². The van der Waals surface area contributed by atoms with Crippen molar-refractivity contribution in [3.63, 3.8) is 0 Å². The molecule has 0 saturated heterocycles. The zero-order valence-corrected chi connectivity index (χ0v) is 9.68. The largest absolute Gasteiger partial charge is 0.496 e. The molecule has 0 radical (unpaired) electrons. The SMILES string of the molecule is CCNC(CC(C)CC)C1=CCCO1. The van der Waals surface area contributed by atoms with Gasteiger partial charge in [-0.1, -0.05) is 27.2 Å². The van der Waals surface area contributed by atoms with E-state index in [4.69, 9.17) is 4.74 Å². The highest BCUT2D eigenvalue weighted by Crippen LogP contribution is 2.20. The molecule has 0 fully saturated rings. The first-order valence-corrected chi connectivity index (χ1v) is 5.84. The molecule has 2 atom stereocenters. The molecule has 0 aromatic carbocycles. The molecule has 0 aliphatic carbocycles. The zero-order chi connectivity index (χ0) is 10.4. The Morgan fingerprint density at radius 3 is 2.79 bits per heavy atom. The molecule has 0 spiro atoms. The van der Waals surface area contributed by atoms with Gasteiger partial charge in [0, 0.05) is 6.42 Å². The Balaban J connectivity index is 2.45. The molecule has 2 heteroatoms. The third kappa shape index (κ3) is 3.33. The van der Waals surface area contributed by atoms with E-state index in [1.165, 1.54) is 18.6 Å². The van der Waals surface area contributed by atoms with Crippen LogP contribution in [0.4, 0.5) is 0 Å². The van der Waals surface area contributed by atoms with Gasteiger partial charge in [-0.3, -0.25) is 0 Å². The van der Waals surface area contributed by atoms with Gasteiger partial charge in [0.1, 0.15) is 5.76 Å². The molecule has 1 rings (SSSR count). The maximum Gasteiger partial charge on any atom is 0.109 e. The lowest BCUT2D eigenvalue weighted by Crippen LogP contribution is -2.32. The van der Waals surface area contributed by atoms with Crippen LogP contribution in [0.25, 0.3) is 0 Å². The molecule has 0 aromatic heterocycles. The van der Waals surface area contributed by atoms with Crippen molar-refractivity contribution < 1.29 is 4.74 Å². The van der Waals surface area contributed by atoms with Gasteiger partial charge in [0.15, 0.2) is 0 Å². The zero-order valence-electron chi connectivity index (χ0n) is 9.68. The summed E-state index contributed by atoms with van der Waals surface area (Å²) in [6.45, 7) is 8.59. The van der Waals surface area contributed by atoms with Crippen molar-refractivity contribution in [2.45, 2.75) is 46.1 Å². The van der Waals surface area contributed by atoms with Crippen LogP contribution in [0, 0.1) is 5.92 Å². The smallest absolute Gasteiger partial charge is 0.109 e. The molecule has 2 nitrogen and oxygen atoms in total. The summed E-state index contributed by atoms with van der Waals surface area (Å²) in [5, 5.41) is 3.50. The molecule has 1 heterocycles. The third-order valence-electron chi connectivity index (χ3n) is 2.86. The maximum atomic E-state index is 5.61. The predicted molar refractivity (Wildman–Crippen MR) is 60.2 cm³/mol. The summed E-state index contributed by atoms with van der Waals surface area (Å²) in [6.07, 6.45) is 5.75. The van der Waals surface area contributed by atoms with Crippen LogP contribution in [-0.2, 0) is 4.74 Å². The Kier molecular flexibility index (Phi) is 5.02. The monoisotopic (exact) mass is 197 g/mol. The van der Waals surface area contributed by atoms with Gasteiger partial charge in [-0.15, -0.1) is 0 Å². The molecule has 1 N–H and O–H groups in total. The number of likely N-dealkylation sites (N-methyl/N-ethyl adjacent to an activating group) is 1. The van der Waals surface area contributed by atoms with Gasteiger partial charge < -0.3 is 10.1 Å². The molecular weight excluding hydrogens is 174 g/mol. The second-order valence-corrected chi connectivity index (χ2v) is 4.10. The highest BCUT2D eigenvalue weighted by molar-refractivity contribution is 5.07. The first kappa shape index (κ1) is 11.6. The third-order valence-corrected chi connectivity index (χ3v) is 2.86. The second-order valence-electron chi connectivity index (χ2n) is 4.10. The molecule has 1 aliphatic rings. The average Bonchev–Trinajstić information content (AvgIpc) is 2.69. The van der Waals surface area contributed by atoms with Crippen molar-refractivity contribution in [3.8, 4) is 0 Å². The lowest BCUT2D eigenvalue weighted by molar-refractivity contribution is 0.205. The van der Waals surface area contributed by atoms with Gasteiger partial charge in [0.05, 0.1) is 12.6 Å². The van der Waals surface area contributed by atoms with E-state index in [2.05, 4.69) is 32.2 Å². The molecule has 0 saturated carbocycles. The van der Waals surface area contributed by atoms with E-state index in [9.17, 15) is 0 Å². The second kappa shape index (κ2) is 6.07. The van der Waals surface area contributed by atoms with E-state index in [0.717, 1.165) is 25.5 Å². The molecule has 0 amide bonds.